The number of ether oxygens (including phenoxy) is 1. The summed E-state index contributed by atoms with van der Waals surface area (Å²) in [7, 11) is -2.64. The molecule has 1 aliphatic heterocycles. The summed E-state index contributed by atoms with van der Waals surface area (Å²) < 4.78 is 31.9. The number of methoxy groups -OCH3 is 1. The highest BCUT2D eigenvalue weighted by Gasteiger charge is 2.44. The standard InChI is InChI=1S/C21H21ClN2O5S/c1-3-18-20(15-6-10-17(29-2)11-7-15)30(27,28)24(21(18)26)13-19(25)23-12-14-4-8-16(22)9-5-14/h4-11H,3,12-13H2,1-2H3,(H,23,25). The summed E-state index contributed by atoms with van der Waals surface area (Å²) >= 11 is 5.83. The summed E-state index contributed by atoms with van der Waals surface area (Å²) in [5.41, 5.74) is 1.34. The molecule has 2 aromatic rings. The lowest BCUT2D eigenvalue weighted by atomic mass is 10.1. The van der Waals surface area contributed by atoms with Crippen molar-refractivity contribution in [2.24, 2.45) is 0 Å². The molecule has 0 saturated carbocycles. The van der Waals surface area contributed by atoms with Gasteiger partial charge in [-0.05, 0) is 53.9 Å². The molecule has 0 aromatic heterocycles. The van der Waals surface area contributed by atoms with Crippen LogP contribution in [0.25, 0.3) is 4.91 Å². The Morgan fingerprint density at radius 1 is 1.10 bits per heavy atom. The fourth-order valence-corrected chi connectivity index (χ4v) is 5.09. The van der Waals surface area contributed by atoms with E-state index in [1.807, 2.05) is 0 Å². The van der Waals surface area contributed by atoms with E-state index in [0.717, 1.165) is 5.56 Å². The van der Waals surface area contributed by atoms with Crippen LogP contribution < -0.4 is 10.1 Å². The van der Waals surface area contributed by atoms with Gasteiger partial charge >= 0.3 is 0 Å². The molecule has 2 aromatic carbocycles. The molecular formula is C21H21ClN2O5S. The smallest absolute Gasteiger partial charge is 0.268 e. The monoisotopic (exact) mass is 448 g/mol. The lowest BCUT2D eigenvalue weighted by molar-refractivity contribution is -0.128. The highest BCUT2D eigenvalue weighted by molar-refractivity contribution is 7.99. The fourth-order valence-electron chi connectivity index (χ4n) is 3.15. The predicted octanol–water partition coefficient (Wildman–Crippen LogP) is 2.96. The van der Waals surface area contributed by atoms with Crippen molar-refractivity contribution < 1.29 is 22.7 Å². The van der Waals surface area contributed by atoms with Crippen LogP contribution in [-0.4, -0.2) is 38.2 Å². The number of carbonyl (C=O) groups excluding carboxylic acids is 2. The van der Waals surface area contributed by atoms with Gasteiger partial charge in [-0.2, -0.15) is 0 Å². The molecule has 2 amide bonds. The molecule has 0 radical (unpaired) electrons. The molecule has 0 atom stereocenters. The van der Waals surface area contributed by atoms with Gasteiger partial charge in [-0.3, -0.25) is 9.59 Å². The van der Waals surface area contributed by atoms with E-state index in [0.29, 0.717) is 20.6 Å². The lowest BCUT2D eigenvalue weighted by Gasteiger charge is -2.16. The minimum atomic E-state index is -4.15. The SMILES string of the molecule is CCC1=C(c2ccc(OC)cc2)S(=O)(=O)N(CC(=O)NCc2ccc(Cl)cc2)C1=O. The molecule has 30 heavy (non-hydrogen) atoms. The van der Waals surface area contributed by atoms with Crippen LogP contribution in [-0.2, 0) is 26.2 Å². The van der Waals surface area contributed by atoms with Gasteiger partial charge in [0.15, 0.2) is 0 Å². The van der Waals surface area contributed by atoms with Crippen molar-refractivity contribution in [2.45, 2.75) is 19.9 Å². The van der Waals surface area contributed by atoms with Gasteiger partial charge in [0.25, 0.3) is 15.9 Å². The quantitative estimate of drug-likeness (QED) is 0.703. The highest BCUT2D eigenvalue weighted by Crippen LogP contribution is 2.37. The molecular weight excluding hydrogens is 428 g/mol. The molecule has 0 bridgehead atoms. The summed E-state index contributed by atoms with van der Waals surface area (Å²) in [5, 5.41) is 3.20. The van der Waals surface area contributed by atoms with Gasteiger partial charge in [0.05, 0.1) is 7.11 Å². The number of nitrogens with zero attached hydrogens (tertiary/aromatic N) is 1. The van der Waals surface area contributed by atoms with Crippen LogP contribution >= 0.6 is 11.6 Å². The Bertz CT molecular complexity index is 1090. The summed E-state index contributed by atoms with van der Waals surface area (Å²) in [5.74, 6) is -0.684. The van der Waals surface area contributed by atoms with E-state index in [1.165, 1.54) is 7.11 Å². The zero-order chi connectivity index (χ0) is 21.9. The number of hydrogen-bond donors (Lipinski definition) is 1. The predicted molar refractivity (Wildman–Crippen MR) is 114 cm³/mol. The number of rotatable bonds is 7. The van der Waals surface area contributed by atoms with Gasteiger partial charge < -0.3 is 10.1 Å². The number of halogens is 1. The third-order valence-electron chi connectivity index (χ3n) is 4.70. The van der Waals surface area contributed by atoms with Crippen molar-refractivity contribution >= 4 is 38.3 Å². The fraction of sp³-hybridized carbons (Fsp3) is 0.238. The number of carbonyl (C=O) groups is 2. The van der Waals surface area contributed by atoms with Gasteiger partial charge in [0, 0.05) is 17.1 Å². The maximum Gasteiger partial charge on any atom is 0.268 e. The van der Waals surface area contributed by atoms with Crippen LogP contribution in [0.1, 0.15) is 24.5 Å². The van der Waals surface area contributed by atoms with Crippen LogP contribution in [0.15, 0.2) is 54.1 Å². The zero-order valence-electron chi connectivity index (χ0n) is 16.5. The summed E-state index contributed by atoms with van der Waals surface area (Å²) in [6.45, 7) is 1.31. The Labute approximate surface area is 180 Å². The van der Waals surface area contributed by atoms with Gasteiger partial charge in [0.2, 0.25) is 5.91 Å². The Morgan fingerprint density at radius 2 is 1.73 bits per heavy atom. The second kappa shape index (κ2) is 8.89. The first-order valence-electron chi connectivity index (χ1n) is 9.23. The van der Waals surface area contributed by atoms with Crippen molar-refractivity contribution in [2.75, 3.05) is 13.7 Å². The van der Waals surface area contributed by atoms with Gasteiger partial charge in [-0.25, -0.2) is 12.7 Å². The van der Waals surface area contributed by atoms with Crippen molar-refractivity contribution in [1.29, 1.82) is 0 Å². The Balaban J connectivity index is 1.78. The van der Waals surface area contributed by atoms with E-state index in [-0.39, 0.29) is 23.4 Å². The number of hydrogen-bond acceptors (Lipinski definition) is 5. The number of amides is 2. The third kappa shape index (κ3) is 4.34. The van der Waals surface area contributed by atoms with E-state index in [9.17, 15) is 18.0 Å². The van der Waals surface area contributed by atoms with Crippen molar-refractivity contribution in [3.05, 3.63) is 70.3 Å². The summed E-state index contributed by atoms with van der Waals surface area (Å²) in [6.07, 6.45) is 0.225. The Hall–Kier alpha value is -2.84. The molecule has 1 aliphatic rings. The zero-order valence-corrected chi connectivity index (χ0v) is 18.1. The van der Waals surface area contributed by atoms with E-state index < -0.39 is 28.4 Å². The molecule has 7 nitrogen and oxygen atoms in total. The molecule has 158 valence electrons. The van der Waals surface area contributed by atoms with E-state index in [1.54, 1.807) is 55.5 Å². The molecule has 0 saturated heterocycles. The first-order valence-corrected chi connectivity index (χ1v) is 11.1. The van der Waals surface area contributed by atoms with Gasteiger partial charge in [-0.15, -0.1) is 0 Å². The van der Waals surface area contributed by atoms with Crippen molar-refractivity contribution in [3.63, 3.8) is 0 Å². The molecule has 0 spiro atoms. The molecule has 0 fully saturated rings. The van der Waals surface area contributed by atoms with E-state index in [2.05, 4.69) is 5.32 Å². The topological polar surface area (TPSA) is 92.8 Å². The Morgan fingerprint density at radius 3 is 2.30 bits per heavy atom. The van der Waals surface area contributed by atoms with Gasteiger partial charge in [-0.1, -0.05) is 30.7 Å². The van der Waals surface area contributed by atoms with Crippen molar-refractivity contribution in [1.82, 2.24) is 9.62 Å². The van der Waals surface area contributed by atoms with E-state index in [4.69, 9.17) is 16.3 Å². The number of benzene rings is 2. The van der Waals surface area contributed by atoms with Gasteiger partial charge in [0.1, 0.15) is 17.2 Å². The average Bonchev–Trinajstić information content (AvgIpc) is 2.93. The van der Waals surface area contributed by atoms with Crippen LogP contribution in [0.2, 0.25) is 5.02 Å². The average molecular weight is 449 g/mol. The van der Waals surface area contributed by atoms with Crippen LogP contribution in [0.4, 0.5) is 0 Å². The maximum absolute atomic E-state index is 13.1. The molecule has 9 heteroatoms. The molecule has 1 heterocycles. The van der Waals surface area contributed by atoms with Crippen LogP contribution in [0.5, 0.6) is 5.75 Å². The molecule has 3 rings (SSSR count). The molecule has 1 N–H and O–H groups in total. The largest absolute Gasteiger partial charge is 0.497 e. The minimum absolute atomic E-state index is 0.0665. The highest BCUT2D eigenvalue weighted by atomic mass is 35.5. The number of nitrogens with one attached hydrogen (secondary N) is 1. The maximum atomic E-state index is 13.1. The molecule has 0 aliphatic carbocycles. The number of sulfonamides is 1. The summed E-state index contributed by atoms with van der Waals surface area (Å²) in [6, 6.07) is 13.3. The first-order chi connectivity index (χ1) is 14.3. The Kier molecular flexibility index (Phi) is 6.48. The van der Waals surface area contributed by atoms with E-state index >= 15 is 0 Å². The second-order valence-corrected chi connectivity index (χ2v) is 8.85. The van der Waals surface area contributed by atoms with Crippen LogP contribution in [0.3, 0.4) is 0 Å². The first kappa shape index (κ1) is 21.9. The lowest BCUT2D eigenvalue weighted by Crippen LogP contribution is -2.41. The summed E-state index contributed by atoms with van der Waals surface area (Å²) in [4.78, 5) is 25.1. The van der Waals surface area contributed by atoms with Crippen LogP contribution in [0, 0.1) is 0 Å². The molecule has 0 unspecified atom stereocenters. The minimum Gasteiger partial charge on any atom is -0.497 e. The third-order valence-corrected chi connectivity index (χ3v) is 6.83. The second-order valence-electron chi connectivity index (χ2n) is 6.61. The normalized spacial score (nSPS) is 15.4. The van der Waals surface area contributed by atoms with Crippen molar-refractivity contribution in [3.8, 4) is 5.75 Å².